The molecule has 5 heteroatoms. The molecule has 4 nitrogen and oxygen atoms in total. The molecule has 3 aromatic rings. The number of aromatic hydroxyl groups is 2. The minimum Gasteiger partial charge on any atom is -1.00 e. The Balaban J connectivity index is 0.00000169. The largest absolute Gasteiger partial charge is 1.00 e. The van der Waals surface area contributed by atoms with Crippen LogP contribution < -0.4 is 51.4 Å². The van der Waals surface area contributed by atoms with Crippen molar-refractivity contribution in [2.24, 2.45) is 0 Å². The topological polar surface area (TPSA) is 77.8 Å². The third-order valence-electron chi connectivity index (χ3n) is 3.96. The zero-order valence-electron chi connectivity index (χ0n) is 14.8. The summed E-state index contributed by atoms with van der Waals surface area (Å²) in [7, 11) is 0. The SMILES string of the molecule is O=C(O)c1ccccc1C(c1ccc(O)cc1)c1ccc(O)cc1.[H-].[K+]. The van der Waals surface area contributed by atoms with Crippen LogP contribution in [-0.2, 0) is 0 Å². The molecule has 0 saturated heterocycles. The summed E-state index contributed by atoms with van der Waals surface area (Å²) < 4.78 is 0. The Bertz CT molecular complexity index is 818. The summed E-state index contributed by atoms with van der Waals surface area (Å²) in [6.07, 6.45) is 0. The number of carboxylic acid groups (broad SMARTS) is 1. The summed E-state index contributed by atoms with van der Waals surface area (Å²) in [5.41, 5.74) is 2.59. The molecule has 0 amide bonds. The molecule has 0 atom stereocenters. The fraction of sp³-hybridized carbons (Fsp3) is 0.0500. The summed E-state index contributed by atoms with van der Waals surface area (Å²) >= 11 is 0. The molecule has 0 saturated carbocycles. The van der Waals surface area contributed by atoms with Crippen LogP contribution in [0.15, 0.2) is 72.8 Å². The number of carbonyl (C=O) groups is 1. The van der Waals surface area contributed by atoms with Crippen LogP contribution in [0.3, 0.4) is 0 Å². The van der Waals surface area contributed by atoms with E-state index in [9.17, 15) is 20.1 Å². The average molecular weight is 360 g/mol. The number of phenols is 2. The van der Waals surface area contributed by atoms with Gasteiger partial charge in [-0.1, -0.05) is 42.5 Å². The predicted octanol–water partition coefficient (Wildman–Crippen LogP) is 1.09. The summed E-state index contributed by atoms with van der Waals surface area (Å²) in [4.78, 5) is 11.6. The van der Waals surface area contributed by atoms with Crippen LogP contribution in [-0.4, -0.2) is 21.3 Å². The van der Waals surface area contributed by atoms with Gasteiger partial charge < -0.3 is 16.7 Å². The van der Waals surface area contributed by atoms with E-state index in [-0.39, 0.29) is 75.8 Å². The molecule has 0 fully saturated rings. The smallest absolute Gasteiger partial charge is 1.00 e. The van der Waals surface area contributed by atoms with Gasteiger partial charge in [0.15, 0.2) is 0 Å². The van der Waals surface area contributed by atoms with Gasteiger partial charge in [0.1, 0.15) is 11.5 Å². The van der Waals surface area contributed by atoms with Gasteiger partial charge >= 0.3 is 57.4 Å². The van der Waals surface area contributed by atoms with Gasteiger partial charge in [-0.05, 0) is 47.0 Å². The number of hydrogen-bond acceptors (Lipinski definition) is 3. The van der Waals surface area contributed by atoms with E-state index in [1.165, 1.54) is 0 Å². The first-order valence-electron chi connectivity index (χ1n) is 7.46. The molecule has 0 spiro atoms. The Morgan fingerprint density at radius 1 is 0.760 bits per heavy atom. The maximum Gasteiger partial charge on any atom is 1.00 e. The van der Waals surface area contributed by atoms with E-state index in [4.69, 9.17) is 0 Å². The first kappa shape index (κ1) is 19.7. The molecule has 0 aliphatic heterocycles. The van der Waals surface area contributed by atoms with Crippen LogP contribution in [0.5, 0.6) is 11.5 Å². The summed E-state index contributed by atoms with van der Waals surface area (Å²) in [6, 6.07) is 20.2. The van der Waals surface area contributed by atoms with Gasteiger partial charge in [-0.2, -0.15) is 0 Å². The minimum atomic E-state index is -0.992. The summed E-state index contributed by atoms with van der Waals surface area (Å²) in [6.45, 7) is 0. The van der Waals surface area contributed by atoms with Gasteiger partial charge in [-0.15, -0.1) is 0 Å². The fourth-order valence-corrected chi connectivity index (χ4v) is 2.83. The Morgan fingerprint density at radius 2 is 1.20 bits per heavy atom. The number of hydrogen-bond donors (Lipinski definition) is 3. The van der Waals surface area contributed by atoms with Gasteiger partial charge in [0.2, 0.25) is 0 Å². The second-order valence-electron chi connectivity index (χ2n) is 5.51. The maximum absolute atomic E-state index is 11.6. The van der Waals surface area contributed by atoms with E-state index in [1.807, 2.05) is 0 Å². The molecule has 122 valence electrons. The zero-order valence-corrected chi connectivity index (χ0v) is 16.9. The molecule has 3 rings (SSSR count). The van der Waals surface area contributed by atoms with Crippen molar-refractivity contribution in [1.82, 2.24) is 0 Å². The Kier molecular flexibility index (Phi) is 6.81. The van der Waals surface area contributed by atoms with Gasteiger partial charge in [0.25, 0.3) is 0 Å². The molecule has 0 heterocycles. The number of rotatable bonds is 4. The molecule has 0 radical (unpaired) electrons. The Hall–Kier alpha value is -1.63. The van der Waals surface area contributed by atoms with Crippen molar-refractivity contribution in [3.05, 3.63) is 95.1 Å². The number of phenolic OH excluding ortho intramolecular Hbond substituents is 2. The fourth-order valence-electron chi connectivity index (χ4n) is 2.83. The minimum absolute atomic E-state index is 0. The van der Waals surface area contributed by atoms with Crippen molar-refractivity contribution in [2.45, 2.75) is 5.92 Å². The van der Waals surface area contributed by atoms with Crippen molar-refractivity contribution in [2.75, 3.05) is 0 Å². The third kappa shape index (κ3) is 4.51. The van der Waals surface area contributed by atoms with E-state index in [0.29, 0.717) is 5.56 Å². The number of carboxylic acids is 1. The van der Waals surface area contributed by atoms with Gasteiger partial charge in [0, 0.05) is 5.92 Å². The van der Waals surface area contributed by atoms with E-state index in [0.717, 1.165) is 11.1 Å². The Labute approximate surface area is 189 Å². The van der Waals surface area contributed by atoms with Crippen molar-refractivity contribution in [1.29, 1.82) is 0 Å². The molecule has 0 bridgehead atoms. The number of aromatic carboxylic acids is 1. The second kappa shape index (κ2) is 8.65. The van der Waals surface area contributed by atoms with E-state index >= 15 is 0 Å². The van der Waals surface area contributed by atoms with Gasteiger partial charge in [-0.3, -0.25) is 0 Å². The van der Waals surface area contributed by atoms with Crippen LogP contribution in [0.4, 0.5) is 0 Å². The molecule has 0 unspecified atom stereocenters. The first-order chi connectivity index (χ1) is 11.6. The predicted molar refractivity (Wildman–Crippen MR) is 91.7 cm³/mol. The first-order valence-corrected chi connectivity index (χ1v) is 7.46. The van der Waals surface area contributed by atoms with Crippen LogP contribution >= 0.6 is 0 Å². The molecule has 25 heavy (non-hydrogen) atoms. The van der Waals surface area contributed by atoms with Crippen LogP contribution in [0.1, 0.15) is 34.4 Å². The van der Waals surface area contributed by atoms with Gasteiger partial charge in [0.05, 0.1) is 5.56 Å². The van der Waals surface area contributed by atoms with Crippen LogP contribution in [0.25, 0.3) is 0 Å². The molecule has 3 N–H and O–H groups in total. The number of benzene rings is 3. The van der Waals surface area contributed by atoms with Crippen molar-refractivity contribution in [3.63, 3.8) is 0 Å². The third-order valence-corrected chi connectivity index (χ3v) is 3.96. The molecular weight excluding hydrogens is 343 g/mol. The molecule has 0 aromatic heterocycles. The van der Waals surface area contributed by atoms with Crippen molar-refractivity contribution < 1.29 is 72.9 Å². The zero-order chi connectivity index (χ0) is 17.1. The van der Waals surface area contributed by atoms with Crippen LogP contribution in [0.2, 0.25) is 0 Å². The molecule has 0 aliphatic rings. The molecule has 3 aromatic carbocycles. The molecular formula is C20H17KO4. The monoisotopic (exact) mass is 360 g/mol. The quantitative estimate of drug-likeness (QED) is 0.481. The van der Waals surface area contributed by atoms with Crippen molar-refractivity contribution in [3.8, 4) is 11.5 Å². The Morgan fingerprint density at radius 3 is 1.64 bits per heavy atom. The summed E-state index contributed by atoms with van der Waals surface area (Å²) in [5, 5.41) is 28.6. The summed E-state index contributed by atoms with van der Waals surface area (Å²) in [5.74, 6) is -1.02. The standard InChI is InChI=1S/C20H16O4.K.H/c21-15-9-5-13(6-10-15)19(14-7-11-16(22)12-8-14)17-3-1-2-4-18(17)20(23)24;;/h1-12,19,21-22H,(H,23,24);;/q;+1;-1. The molecule has 0 aliphatic carbocycles. The van der Waals surface area contributed by atoms with E-state index < -0.39 is 5.97 Å². The van der Waals surface area contributed by atoms with Crippen molar-refractivity contribution >= 4 is 5.97 Å². The normalized spacial score (nSPS) is 10.3. The average Bonchev–Trinajstić information content (AvgIpc) is 2.59. The van der Waals surface area contributed by atoms with E-state index in [1.54, 1.807) is 72.8 Å². The van der Waals surface area contributed by atoms with E-state index in [2.05, 4.69) is 0 Å². The van der Waals surface area contributed by atoms with Gasteiger partial charge in [-0.25, -0.2) is 4.79 Å². The second-order valence-corrected chi connectivity index (χ2v) is 5.51. The van der Waals surface area contributed by atoms with Crippen LogP contribution in [0, 0.1) is 0 Å². The maximum atomic E-state index is 11.6.